The van der Waals surface area contributed by atoms with E-state index in [2.05, 4.69) is 10.2 Å². The molecule has 0 aromatic carbocycles. The molecule has 0 bridgehead atoms. The molecule has 0 radical (unpaired) electrons. The molecule has 1 aromatic rings. The van der Waals surface area contributed by atoms with Crippen molar-refractivity contribution in [1.29, 1.82) is 0 Å². The largest absolute Gasteiger partial charge is 0.510 e. The number of carbonyl (C=O) groups excluding carboxylic acids is 3. The minimum Gasteiger partial charge on any atom is -0.510 e. The van der Waals surface area contributed by atoms with Crippen molar-refractivity contribution in [2.24, 2.45) is 22.1 Å². The number of azo groups is 1. The molecule has 1 fully saturated rings. The van der Waals surface area contributed by atoms with Gasteiger partial charge in [-0.3, -0.25) is 4.79 Å². The highest BCUT2D eigenvalue weighted by molar-refractivity contribution is 7.18. The molecular formula is C20H24N2O6S. The summed E-state index contributed by atoms with van der Waals surface area (Å²) in [5, 5.41) is 18.7. The van der Waals surface area contributed by atoms with Crippen LogP contribution in [0.5, 0.6) is 0 Å². The molecule has 156 valence electrons. The van der Waals surface area contributed by atoms with Crippen molar-refractivity contribution >= 4 is 34.1 Å². The first-order valence-corrected chi connectivity index (χ1v) is 10.6. The molecule has 1 saturated carbocycles. The number of hydrogen-bond donors (Lipinski definition) is 1. The van der Waals surface area contributed by atoms with Gasteiger partial charge in [0, 0.05) is 11.8 Å². The predicted octanol–water partition coefficient (Wildman–Crippen LogP) is 4.65. The zero-order chi connectivity index (χ0) is 21.1. The van der Waals surface area contributed by atoms with Gasteiger partial charge in [0.1, 0.15) is 16.2 Å². The van der Waals surface area contributed by atoms with Gasteiger partial charge < -0.3 is 14.6 Å². The van der Waals surface area contributed by atoms with Crippen LogP contribution in [0.2, 0.25) is 0 Å². The smallest absolute Gasteiger partial charge is 0.348 e. The molecule has 8 nitrogen and oxygen atoms in total. The van der Waals surface area contributed by atoms with Crippen molar-refractivity contribution in [3.63, 3.8) is 0 Å². The van der Waals surface area contributed by atoms with Gasteiger partial charge in [0.05, 0.1) is 13.2 Å². The third kappa shape index (κ3) is 3.96. The Hall–Kier alpha value is -2.55. The zero-order valence-corrected chi connectivity index (χ0v) is 17.5. The SMILES string of the molecule is CCOC(=O)c1sc(N=NC2=C(O)C3CCCCC3C2=O)c(C(=O)OCC)c1C. The fraction of sp³-hybridized carbons (Fsp3) is 0.550. The van der Waals surface area contributed by atoms with Gasteiger partial charge in [-0.2, -0.15) is 0 Å². The highest BCUT2D eigenvalue weighted by Crippen LogP contribution is 2.44. The highest BCUT2D eigenvalue weighted by Gasteiger charge is 2.43. The summed E-state index contributed by atoms with van der Waals surface area (Å²) in [4.78, 5) is 37.5. The second-order valence-corrected chi connectivity index (χ2v) is 7.97. The van der Waals surface area contributed by atoms with Gasteiger partial charge in [-0.1, -0.05) is 12.8 Å². The predicted molar refractivity (Wildman–Crippen MR) is 106 cm³/mol. The van der Waals surface area contributed by atoms with Crippen molar-refractivity contribution in [3.05, 3.63) is 27.5 Å². The van der Waals surface area contributed by atoms with E-state index in [1.165, 1.54) is 0 Å². The lowest BCUT2D eigenvalue weighted by Gasteiger charge is -2.23. The summed E-state index contributed by atoms with van der Waals surface area (Å²) >= 11 is 0.948. The van der Waals surface area contributed by atoms with Crippen LogP contribution in [0.4, 0.5) is 5.00 Å². The van der Waals surface area contributed by atoms with E-state index >= 15 is 0 Å². The van der Waals surface area contributed by atoms with E-state index in [-0.39, 0.29) is 57.7 Å². The van der Waals surface area contributed by atoms with E-state index in [0.29, 0.717) is 5.56 Å². The molecule has 0 aliphatic heterocycles. The summed E-state index contributed by atoms with van der Waals surface area (Å²) in [6.07, 6.45) is 3.39. The average molecular weight is 420 g/mol. The molecule has 2 aliphatic carbocycles. The molecule has 3 rings (SSSR count). The van der Waals surface area contributed by atoms with Gasteiger partial charge in [0.15, 0.2) is 16.5 Å². The quantitative estimate of drug-likeness (QED) is 0.529. The minimum atomic E-state index is -0.629. The first kappa shape index (κ1) is 21.2. The third-order valence-electron chi connectivity index (χ3n) is 5.24. The fourth-order valence-corrected chi connectivity index (χ4v) is 4.86. The number of aliphatic hydroxyl groups excluding tert-OH is 1. The number of allylic oxidation sites excluding steroid dienone is 2. The van der Waals surface area contributed by atoms with Crippen molar-refractivity contribution in [1.82, 2.24) is 0 Å². The van der Waals surface area contributed by atoms with Crippen molar-refractivity contribution in [2.75, 3.05) is 13.2 Å². The van der Waals surface area contributed by atoms with E-state index in [1.54, 1.807) is 20.8 Å². The number of rotatable bonds is 6. The Morgan fingerprint density at radius 3 is 2.31 bits per heavy atom. The van der Waals surface area contributed by atoms with Crippen LogP contribution in [0, 0.1) is 18.8 Å². The number of thiophene rings is 1. The molecule has 0 amide bonds. The van der Waals surface area contributed by atoms with Gasteiger partial charge in [-0.15, -0.1) is 21.6 Å². The molecule has 1 N–H and O–H groups in total. The van der Waals surface area contributed by atoms with Crippen LogP contribution in [0.15, 0.2) is 21.7 Å². The van der Waals surface area contributed by atoms with E-state index in [1.807, 2.05) is 0 Å². The molecule has 2 aliphatic rings. The summed E-state index contributed by atoms with van der Waals surface area (Å²) in [7, 11) is 0. The fourth-order valence-electron chi connectivity index (χ4n) is 3.85. The zero-order valence-electron chi connectivity index (χ0n) is 16.7. The molecule has 0 spiro atoms. The Kier molecular flexibility index (Phi) is 6.46. The van der Waals surface area contributed by atoms with E-state index in [4.69, 9.17) is 9.47 Å². The monoisotopic (exact) mass is 420 g/mol. The van der Waals surface area contributed by atoms with Gasteiger partial charge in [-0.25, -0.2) is 9.59 Å². The third-order valence-corrected chi connectivity index (χ3v) is 6.40. The summed E-state index contributed by atoms with van der Waals surface area (Å²) in [5.41, 5.74) is 0.456. The molecule has 1 aromatic heterocycles. The van der Waals surface area contributed by atoms with Gasteiger partial charge in [-0.05, 0) is 39.2 Å². The lowest BCUT2D eigenvalue weighted by Crippen LogP contribution is -2.21. The normalized spacial score (nSPS) is 21.6. The number of hydrogen-bond acceptors (Lipinski definition) is 9. The van der Waals surface area contributed by atoms with Crippen LogP contribution in [-0.4, -0.2) is 36.0 Å². The van der Waals surface area contributed by atoms with Crippen LogP contribution in [-0.2, 0) is 14.3 Å². The lowest BCUT2D eigenvalue weighted by molar-refractivity contribution is -0.120. The van der Waals surface area contributed by atoms with Crippen LogP contribution in [0.3, 0.4) is 0 Å². The molecular weight excluding hydrogens is 396 g/mol. The first-order valence-electron chi connectivity index (χ1n) is 9.77. The summed E-state index contributed by atoms with van der Waals surface area (Å²) < 4.78 is 10.1. The second kappa shape index (κ2) is 8.86. The van der Waals surface area contributed by atoms with Crippen LogP contribution in [0.1, 0.15) is 65.1 Å². The minimum absolute atomic E-state index is 0.0278. The van der Waals surface area contributed by atoms with Gasteiger partial charge >= 0.3 is 11.9 Å². The number of ketones is 1. The molecule has 1 heterocycles. The Morgan fingerprint density at radius 1 is 1.07 bits per heavy atom. The number of Topliss-reactive ketones (excluding diaryl/α,β-unsaturated/α-hetero) is 1. The van der Waals surface area contributed by atoms with Crippen molar-refractivity contribution in [2.45, 2.75) is 46.5 Å². The Balaban J connectivity index is 1.98. The maximum absolute atomic E-state index is 12.6. The first-order chi connectivity index (χ1) is 13.9. The standard InChI is InChI=1S/C20H24N2O6S/c1-4-27-19(25)13-10(3)17(20(26)28-5-2)29-18(13)22-21-14-15(23)11-8-6-7-9-12(11)16(14)24/h11-12,23H,4-9H2,1-3H3. The summed E-state index contributed by atoms with van der Waals surface area (Å²) in [6, 6.07) is 0. The van der Waals surface area contributed by atoms with Crippen molar-refractivity contribution < 1.29 is 29.0 Å². The molecule has 9 heteroatoms. The molecule has 2 unspecified atom stereocenters. The lowest BCUT2D eigenvalue weighted by atomic mass is 9.80. The van der Waals surface area contributed by atoms with Crippen LogP contribution in [0.25, 0.3) is 0 Å². The number of fused-ring (bicyclic) bond motifs is 1. The van der Waals surface area contributed by atoms with Gasteiger partial charge in [0.25, 0.3) is 0 Å². The Bertz CT molecular complexity index is 901. The highest BCUT2D eigenvalue weighted by atomic mass is 32.1. The number of esters is 2. The summed E-state index contributed by atoms with van der Waals surface area (Å²) in [5.74, 6) is -1.88. The molecule has 2 atom stereocenters. The number of carbonyl (C=O) groups is 3. The summed E-state index contributed by atoms with van der Waals surface area (Å²) in [6.45, 7) is 5.33. The van der Waals surface area contributed by atoms with E-state index in [0.717, 1.165) is 37.0 Å². The van der Waals surface area contributed by atoms with Crippen LogP contribution >= 0.6 is 11.3 Å². The number of aliphatic hydroxyl groups is 1. The van der Waals surface area contributed by atoms with Crippen molar-refractivity contribution in [3.8, 4) is 0 Å². The number of ether oxygens (including phenoxy) is 2. The second-order valence-electron chi connectivity index (χ2n) is 6.97. The maximum Gasteiger partial charge on any atom is 0.348 e. The Morgan fingerprint density at radius 2 is 1.69 bits per heavy atom. The molecule has 0 saturated heterocycles. The maximum atomic E-state index is 12.6. The number of nitrogens with zero attached hydrogens (tertiary/aromatic N) is 2. The Labute approximate surface area is 172 Å². The van der Waals surface area contributed by atoms with Gasteiger partial charge in [0.2, 0.25) is 0 Å². The van der Waals surface area contributed by atoms with E-state index in [9.17, 15) is 19.5 Å². The van der Waals surface area contributed by atoms with E-state index < -0.39 is 11.9 Å². The molecule has 29 heavy (non-hydrogen) atoms. The average Bonchev–Trinajstić information content (AvgIpc) is 3.15. The topological polar surface area (TPSA) is 115 Å². The van der Waals surface area contributed by atoms with Crippen LogP contribution < -0.4 is 0 Å².